The third-order valence-corrected chi connectivity index (χ3v) is 5.86. The summed E-state index contributed by atoms with van der Waals surface area (Å²) in [6.45, 7) is 0. The molecule has 8 nitrogen and oxygen atoms in total. The molecule has 2 aromatic heterocycles. The number of benzene rings is 2. The molecule has 1 unspecified atom stereocenters. The van der Waals surface area contributed by atoms with Crippen LogP contribution < -0.4 is 16.2 Å². The average molecular weight is 413 g/mol. The van der Waals surface area contributed by atoms with Gasteiger partial charge in [-0.15, -0.1) is 0 Å². The fourth-order valence-corrected chi connectivity index (χ4v) is 4.02. The molecule has 0 saturated heterocycles. The molecule has 31 heavy (non-hydrogen) atoms. The highest BCUT2D eigenvalue weighted by Gasteiger charge is 2.64. The van der Waals surface area contributed by atoms with Gasteiger partial charge in [0, 0.05) is 23.1 Å². The molecule has 1 saturated carbocycles. The molecule has 0 aliphatic heterocycles. The highest BCUT2D eigenvalue weighted by Crippen LogP contribution is 2.59. The van der Waals surface area contributed by atoms with Crippen molar-refractivity contribution >= 4 is 22.7 Å². The maximum Gasteiger partial charge on any atom is 0.233 e. The molecule has 2 heterocycles. The van der Waals surface area contributed by atoms with E-state index in [1.54, 1.807) is 36.9 Å². The van der Waals surface area contributed by atoms with Gasteiger partial charge in [-0.3, -0.25) is 14.6 Å². The molecule has 0 bridgehead atoms. The summed E-state index contributed by atoms with van der Waals surface area (Å²) in [5, 5.41) is 0.874. The van der Waals surface area contributed by atoms with Crippen LogP contribution in [0.2, 0.25) is 0 Å². The van der Waals surface area contributed by atoms with Crippen molar-refractivity contribution in [1.29, 1.82) is 0 Å². The van der Waals surface area contributed by atoms with Gasteiger partial charge in [-0.05, 0) is 42.3 Å². The van der Waals surface area contributed by atoms with E-state index in [0.29, 0.717) is 17.9 Å². The Morgan fingerprint density at radius 1 is 1.06 bits per heavy atom. The van der Waals surface area contributed by atoms with Gasteiger partial charge < -0.3 is 21.2 Å². The van der Waals surface area contributed by atoms with Crippen molar-refractivity contribution in [3.63, 3.8) is 0 Å². The number of primary amides is 2. The van der Waals surface area contributed by atoms with Crippen LogP contribution in [0.25, 0.3) is 22.2 Å². The molecule has 2 amide bonds. The minimum Gasteiger partial charge on any atom is -0.457 e. The smallest absolute Gasteiger partial charge is 0.233 e. The second-order valence-corrected chi connectivity index (χ2v) is 7.63. The lowest BCUT2D eigenvalue weighted by Gasteiger charge is -2.11. The first kappa shape index (κ1) is 18.8. The number of pyridine rings is 1. The SMILES string of the molecule is NC(=O)C1(C(N)=O)CC1c1ccc(Oc2ccnc3cc(-c4cnc[nH]4)ccc23)cc1. The number of rotatable bonds is 6. The van der Waals surface area contributed by atoms with Gasteiger partial charge in [-0.1, -0.05) is 18.2 Å². The first-order chi connectivity index (χ1) is 15.0. The number of H-pyrrole nitrogens is 1. The van der Waals surface area contributed by atoms with Crippen molar-refractivity contribution in [1.82, 2.24) is 15.0 Å². The number of hydrogen-bond acceptors (Lipinski definition) is 5. The monoisotopic (exact) mass is 413 g/mol. The molecular formula is C23H19N5O3. The summed E-state index contributed by atoms with van der Waals surface area (Å²) >= 11 is 0. The van der Waals surface area contributed by atoms with Crippen LogP contribution in [0.4, 0.5) is 0 Å². The van der Waals surface area contributed by atoms with Gasteiger partial charge in [0.15, 0.2) is 0 Å². The number of carbonyl (C=O) groups is 2. The number of aromatic amines is 1. The standard InChI is InChI=1S/C23H19N5O3/c24-21(29)23(22(25)30)10-17(23)13-1-4-15(5-2-13)31-20-7-8-27-18-9-14(3-6-16(18)20)19-11-26-12-28-19/h1-9,11-12,17H,10H2,(H2,24,29)(H2,25,30)(H,26,28). The maximum absolute atomic E-state index is 11.7. The molecule has 4 aromatic rings. The Hall–Kier alpha value is -4.20. The number of carbonyl (C=O) groups excluding carboxylic acids is 2. The lowest BCUT2D eigenvalue weighted by Crippen LogP contribution is -2.38. The third kappa shape index (κ3) is 3.09. The number of nitrogens with two attached hydrogens (primary N) is 2. The van der Waals surface area contributed by atoms with Gasteiger partial charge in [0.2, 0.25) is 11.8 Å². The fraction of sp³-hybridized carbons (Fsp3) is 0.130. The molecule has 2 aromatic carbocycles. The number of nitrogens with one attached hydrogen (secondary N) is 1. The number of amides is 2. The Morgan fingerprint density at radius 3 is 2.48 bits per heavy atom. The quantitative estimate of drug-likeness (QED) is 0.417. The topological polar surface area (TPSA) is 137 Å². The van der Waals surface area contributed by atoms with E-state index < -0.39 is 17.2 Å². The molecular weight excluding hydrogens is 394 g/mol. The zero-order chi connectivity index (χ0) is 21.6. The Bertz CT molecular complexity index is 1280. The van der Waals surface area contributed by atoms with E-state index in [1.807, 2.05) is 30.3 Å². The van der Waals surface area contributed by atoms with Crippen LogP contribution >= 0.6 is 0 Å². The molecule has 0 spiro atoms. The Labute approximate surface area is 177 Å². The first-order valence-electron chi connectivity index (χ1n) is 9.74. The molecule has 5 N–H and O–H groups in total. The number of ether oxygens (including phenoxy) is 1. The molecule has 0 radical (unpaired) electrons. The van der Waals surface area contributed by atoms with Crippen molar-refractivity contribution in [3.05, 3.63) is 72.8 Å². The zero-order valence-electron chi connectivity index (χ0n) is 16.4. The van der Waals surface area contributed by atoms with Gasteiger partial charge in [0.05, 0.1) is 23.7 Å². The molecule has 1 atom stereocenters. The lowest BCUT2D eigenvalue weighted by molar-refractivity contribution is -0.133. The van der Waals surface area contributed by atoms with Crippen LogP contribution in [0.15, 0.2) is 67.3 Å². The zero-order valence-corrected chi connectivity index (χ0v) is 16.4. The minimum absolute atomic E-state index is 0.292. The lowest BCUT2D eigenvalue weighted by atomic mass is 9.97. The third-order valence-electron chi connectivity index (χ3n) is 5.86. The predicted molar refractivity (Wildman–Crippen MR) is 114 cm³/mol. The van der Waals surface area contributed by atoms with Crippen molar-refractivity contribution in [3.8, 4) is 22.8 Å². The van der Waals surface area contributed by atoms with E-state index in [2.05, 4.69) is 15.0 Å². The summed E-state index contributed by atoms with van der Waals surface area (Å²) in [7, 11) is 0. The van der Waals surface area contributed by atoms with Crippen LogP contribution in [-0.2, 0) is 9.59 Å². The highest BCUT2D eigenvalue weighted by molar-refractivity contribution is 6.08. The minimum atomic E-state index is -1.28. The summed E-state index contributed by atoms with van der Waals surface area (Å²) in [6, 6.07) is 15.0. The van der Waals surface area contributed by atoms with E-state index in [4.69, 9.17) is 16.2 Å². The summed E-state index contributed by atoms with van der Waals surface area (Å²) in [6.07, 6.45) is 5.43. The van der Waals surface area contributed by atoms with E-state index in [0.717, 1.165) is 27.7 Å². The second kappa shape index (κ2) is 6.94. The van der Waals surface area contributed by atoms with Crippen LogP contribution in [0.5, 0.6) is 11.5 Å². The fourth-order valence-electron chi connectivity index (χ4n) is 4.02. The molecule has 1 aliphatic carbocycles. The van der Waals surface area contributed by atoms with Gasteiger partial charge in [-0.25, -0.2) is 4.98 Å². The van der Waals surface area contributed by atoms with E-state index in [1.165, 1.54) is 0 Å². The number of imidazole rings is 1. The number of aromatic nitrogens is 3. The highest BCUT2D eigenvalue weighted by atomic mass is 16.5. The van der Waals surface area contributed by atoms with E-state index >= 15 is 0 Å². The Balaban J connectivity index is 1.39. The number of fused-ring (bicyclic) bond motifs is 1. The normalized spacial score (nSPS) is 16.7. The second-order valence-electron chi connectivity index (χ2n) is 7.63. The molecule has 1 aliphatic rings. The summed E-state index contributed by atoms with van der Waals surface area (Å²) < 4.78 is 6.08. The van der Waals surface area contributed by atoms with Crippen LogP contribution in [-0.4, -0.2) is 26.8 Å². The number of hydrogen-bond donors (Lipinski definition) is 3. The molecule has 154 valence electrons. The van der Waals surface area contributed by atoms with Crippen molar-refractivity contribution in [2.24, 2.45) is 16.9 Å². The molecule has 8 heteroatoms. The first-order valence-corrected chi connectivity index (χ1v) is 9.74. The average Bonchev–Trinajstić information content (AvgIpc) is 3.31. The summed E-state index contributed by atoms with van der Waals surface area (Å²) in [5.41, 5.74) is 13.1. The van der Waals surface area contributed by atoms with Gasteiger partial charge in [0.25, 0.3) is 0 Å². The largest absolute Gasteiger partial charge is 0.457 e. The summed E-state index contributed by atoms with van der Waals surface area (Å²) in [4.78, 5) is 35.0. The maximum atomic E-state index is 11.7. The van der Waals surface area contributed by atoms with Crippen LogP contribution in [0.1, 0.15) is 17.9 Å². The van der Waals surface area contributed by atoms with Crippen LogP contribution in [0, 0.1) is 5.41 Å². The summed E-state index contributed by atoms with van der Waals surface area (Å²) in [5.74, 6) is -0.354. The van der Waals surface area contributed by atoms with Crippen molar-refractivity contribution in [2.75, 3.05) is 0 Å². The Kier molecular flexibility index (Phi) is 4.21. The van der Waals surface area contributed by atoms with Gasteiger partial charge >= 0.3 is 0 Å². The predicted octanol–water partition coefficient (Wildman–Crippen LogP) is 2.86. The van der Waals surface area contributed by atoms with Crippen molar-refractivity contribution in [2.45, 2.75) is 12.3 Å². The van der Waals surface area contributed by atoms with Gasteiger partial charge in [0.1, 0.15) is 16.9 Å². The van der Waals surface area contributed by atoms with Crippen LogP contribution in [0.3, 0.4) is 0 Å². The molecule has 5 rings (SSSR count). The Morgan fingerprint density at radius 2 is 1.84 bits per heavy atom. The number of nitrogens with zero attached hydrogens (tertiary/aromatic N) is 2. The molecule has 1 fully saturated rings. The van der Waals surface area contributed by atoms with Crippen molar-refractivity contribution < 1.29 is 14.3 Å². The van der Waals surface area contributed by atoms with E-state index in [9.17, 15) is 9.59 Å². The van der Waals surface area contributed by atoms with E-state index in [-0.39, 0.29) is 5.92 Å². The van der Waals surface area contributed by atoms with Gasteiger partial charge in [-0.2, -0.15) is 0 Å².